The van der Waals surface area contributed by atoms with Gasteiger partial charge in [-0.05, 0) is 24.6 Å². The summed E-state index contributed by atoms with van der Waals surface area (Å²) in [6.07, 6.45) is 0. The maximum atomic E-state index is 11.4. The highest BCUT2D eigenvalue weighted by Crippen LogP contribution is 2.33. The minimum Gasteiger partial charge on any atom is -0.382 e. The first kappa shape index (κ1) is 12.9. The van der Waals surface area contributed by atoms with Crippen LogP contribution in [0.3, 0.4) is 0 Å². The van der Waals surface area contributed by atoms with Crippen molar-refractivity contribution in [3.05, 3.63) is 33.9 Å². The minimum atomic E-state index is -0.189. The van der Waals surface area contributed by atoms with Crippen LogP contribution in [0.25, 0.3) is 11.1 Å². The Kier molecular flexibility index (Phi) is 3.32. The second-order valence-corrected chi connectivity index (χ2v) is 4.72. The van der Waals surface area contributed by atoms with E-state index in [0.717, 1.165) is 5.56 Å². The highest BCUT2D eigenvalue weighted by molar-refractivity contribution is 6.42. The van der Waals surface area contributed by atoms with Crippen molar-refractivity contribution in [2.75, 3.05) is 5.73 Å². The molecule has 2 N–H and O–H groups in total. The molecule has 0 bridgehead atoms. The first-order valence-electron chi connectivity index (χ1n) is 5.23. The van der Waals surface area contributed by atoms with E-state index in [-0.39, 0.29) is 5.91 Å². The van der Waals surface area contributed by atoms with Crippen LogP contribution >= 0.6 is 23.2 Å². The number of nitrogens with two attached hydrogens (primary N) is 1. The van der Waals surface area contributed by atoms with E-state index in [9.17, 15) is 4.79 Å². The average Bonchev–Trinajstić information content (AvgIpc) is 2.59. The Morgan fingerprint density at radius 2 is 2.00 bits per heavy atom. The maximum absolute atomic E-state index is 11.4. The summed E-state index contributed by atoms with van der Waals surface area (Å²) in [5.41, 5.74) is 8.00. The fourth-order valence-corrected chi connectivity index (χ4v) is 2.14. The molecule has 0 saturated carbocycles. The highest BCUT2D eigenvalue weighted by Gasteiger charge is 2.16. The van der Waals surface area contributed by atoms with E-state index in [1.165, 1.54) is 11.6 Å². The molecule has 94 valence electrons. The largest absolute Gasteiger partial charge is 0.382 e. The summed E-state index contributed by atoms with van der Waals surface area (Å²) in [5.74, 6) is 0.103. The summed E-state index contributed by atoms with van der Waals surface area (Å²) in [4.78, 5) is 11.4. The van der Waals surface area contributed by atoms with Gasteiger partial charge in [-0.1, -0.05) is 29.3 Å². The van der Waals surface area contributed by atoms with Gasteiger partial charge in [0.25, 0.3) is 0 Å². The second-order valence-electron chi connectivity index (χ2n) is 3.91. The number of anilines is 1. The summed E-state index contributed by atoms with van der Waals surface area (Å²) >= 11 is 11.8. The van der Waals surface area contributed by atoms with Crippen molar-refractivity contribution in [2.24, 2.45) is 0 Å². The molecule has 0 aliphatic carbocycles. The number of carbonyl (C=O) groups is 1. The predicted octanol–water partition coefficient (Wildman–Crippen LogP) is 3.41. The van der Waals surface area contributed by atoms with Gasteiger partial charge in [-0.25, -0.2) is 4.68 Å². The van der Waals surface area contributed by atoms with E-state index in [1.54, 1.807) is 25.1 Å². The smallest absolute Gasteiger partial charge is 0.244 e. The molecule has 6 heteroatoms. The molecule has 0 aliphatic rings. The van der Waals surface area contributed by atoms with Crippen LogP contribution in [0, 0.1) is 6.92 Å². The van der Waals surface area contributed by atoms with Crippen LogP contribution in [0.5, 0.6) is 0 Å². The molecule has 2 aromatic rings. The minimum absolute atomic E-state index is 0.189. The molecule has 0 atom stereocenters. The molecule has 1 aromatic heterocycles. The first-order valence-corrected chi connectivity index (χ1v) is 5.99. The normalized spacial score (nSPS) is 10.7. The number of halogens is 2. The van der Waals surface area contributed by atoms with Crippen molar-refractivity contribution < 1.29 is 4.79 Å². The molecule has 1 heterocycles. The lowest BCUT2D eigenvalue weighted by atomic mass is 10.1. The zero-order valence-corrected chi connectivity index (χ0v) is 11.4. The summed E-state index contributed by atoms with van der Waals surface area (Å²) in [5, 5.41) is 4.91. The van der Waals surface area contributed by atoms with E-state index in [4.69, 9.17) is 28.9 Å². The Morgan fingerprint density at radius 1 is 1.33 bits per heavy atom. The van der Waals surface area contributed by atoms with Crippen molar-refractivity contribution in [3.8, 4) is 11.1 Å². The number of carbonyl (C=O) groups excluding carboxylic acids is 1. The SMILES string of the molecule is CC(=O)n1nc(N)c(-c2ccc(Cl)c(Cl)c2)c1C. The maximum Gasteiger partial charge on any atom is 0.244 e. The summed E-state index contributed by atoms with van der Waals surface area (Å²) in [7, 11) is 0. The van der Waals surface area contributed by atoms with Crippen LogP contribution < -0.4 is 5.73 Å². The molecular weight excluding hydrogens is 273 g/mol. The molecule has 0 saturated heterocycles. The molecule has 18 heavy (non-hydrogen) atoms. The number of hydrogen-bond donors (Lipinski definition) is 1. The third-order valence-electron chi connectivity index (χ3n) is 2.65. The Morgan fingerprint density at radius 3 is 2.50 bits per heavy atom. The molecule has 0 fully saturated rings. The van der Waals surface area contributed by atoms with Gasteiger partial charge in [0.2, 0.25) is 5.91 Å². The monoisotopic (exact) mass is 283 g/mol. The molecule has 0 aliphatic heterocycles. The Bertz CT molecular complexity index is 634. The third kappa shape index (κ3) is 2.09. The van der Waals surface area contributed by atoms with E-state index in [0.29, 0.717) is 27.1 Å². The highest BCUT2D eigenvalue weighted by atomic mass is 35.5. The molecule has 1 aromatic carbocycles. The molecule has 0 spiro atoms. The van der Waals surface area contributed by atoms with Crippen LogP contribution in [0.2, 0.25) is 10.0 Å². The van der Waals surface area contributed by atoms with Crippen molar-refractivity contribution in [2.45, 2.75) is 13.8 Å². The van der Waals surface area contributed by atoms with Crippen LogP contribution in [0.1, 0.15) is 17.4 Å². The average molecular weight is 284 g/mol. The molecule has 2 rings (SSSR count). The lowest BCUT2D eigenvalue weighted by molar-refractivity contribution is 0.0919. The Hall–Kier alpha value is -1.52. The van der Waals surface area contributed by atoms with E-state index in [1.807, 2.05) is 0 Å². The van der Waals surface area contributed by atoms with Crippen molar-refractivity contribution in [1.29, 1.82) is 0 Å². The van der Waals surface area contributed by atoms with Gasteiger partial charge in [-0.15, -0.1) is 5.10 Å². The van der Waals surface area contributed by atoms with Crippen molar-refractivity contribution >= 4 is 34.9 Å². The van der Waals surface area contributed by atoms with Gasteiger partial charge in [-0.2, -0.15) is 0 Å². The van der Waals surface area contributed by atoms with Crippen LogP contribution in [0.15, 0.2) is 18.2 Å². The number of benzene rings is 1. The summed E-state index contributed by atoms with van der Waals surface area (Å²) in [6, 6.07) is 5.18. The number of aromatic nitrogens is 2. The molecular formula is C12H11Cl2N3O. The number of nitrogen functional groups attached to an aromatic ring is 1. The van der Waals surface area contributed by atoms with E-state index in [2.05, 4.69) is 5.10 Å². The molecule has 0 unspecified atom stereocenters. The molecule has 4 nitrogen and oxygen atoms in total. The van der Waals surface area contributed by atoms with Crippen molar-refractivity contribution in [1.82, 2.24) is 9.78 Å². The van der Waals surface area contributed by atoms with Crippen LogP contribution in [0.4, 0.5) is 5.82 Å². The lowest BCUT2D eigenvalue weighted by Crippen LogP contribution is -2.09. The van der Waals surface area contributed by atoms with Gasteiger partial charge in [-0.3, -0.25) is 4.79 Å². The fourth-order valence-electron chi connectivity index (χ4n) is 1.84. The van der Waals surface area contributed by atoms with Gasteiger partial charge in [0, 0.05) is 12.5 Å². The number of hydrogen-bond acceptors (Lipinski definition) is 3. The second kappa shape index (κ2) is 4.63. The standard InChI is InChI=1S/C12H11Cl2N3O/c1-6-11(12(15)16-17(6)7(2)18)8-3-4-9(13)10(14)5-8/h3-5H,1-2H3,(H2,15,16). The predicted molar refractivity (Wildman–Crippen MR) is 73.1 cm³/mol. The van der Waals surface area contributed by atoms with Crippen molar-refractivity contribution in [3.63, 3.8) is 0 Å². The van der Waals surface area contributed by atoms with Gasteiger partial charge < -0.3 is 5.73 Å². The van der Waals surface area contributed by atoms with Crippen LogP contribution in [-0.4, -0.2) is 15.7 Å². The van der Waals surface area contributed by atoms with Gasteiger partial charge in [0.1, 0.15) is 0 Å². The van der Waals surface area contributed by atoms with Gasteiger partial charge in [0.05, 0.1) is 15.7 Å². The van der Waals surface area contributed by atoms with E-state index >= 15 is 0 Å². The number of nitrogens with zero attached hydrogens (tertiary/aromatic N) is 2. The third-order valence-corrected chi connectivity index (χ3v) is 3.39. The van der Waals surface area contributed by atoms with Gasteiger partial charge in [0.15, 0.2) is 5.82 Å². The zero-order valence-electron chi connectivity index (χ0n) is 9.87. The summed E-state index contributed by atoms with van der Waals surface area (Å²) in [6.45, 7) is 3.21. The fraction of sp³-hybridized carbons (Fsp3) is 0.167. The van der Waals surface area contributed by atoms with Crippen LogP contribution in [-0.2, 0) is 0 Å². The molecule has 0 amide bonds. The topological polar surface area (TPSA) is 60.9 Å². The Balaban J connectivity index is 2.64. The zero-order chi connectivity index (χ0) is 13.4. The quantitative estimate of drug-likeness (QED) is 0.872. The Labute approximate surface area is 114 Å². The summed E-state index contributed by atoms with van der Waals surface area (Å²) < 4.78 is 1.27. The number of rotatable bonds is 1. The molecule has 0 radical (unpaired) electrons. The van der Waals surface area contributed by atoms with Gasteiger partial charge >= 0.3 is 0 Å². The lowest BCUT2D eigenvalue weighted by Gasteiger charge is -2.04. The van der Waals surface area contributed by atoms with E-state index < -0.39 is 0 Å². The first-order chi connectivity index (χ1) is 8.41.